The molecule has 10 heteroatoms. The number of carbonyl (C=O) groups excluding carboxylic acids is 1. The summed E-state index contributed by atoms with van der Waals surface area (Å²) in [7, 11) is 0. The zero-order valence-corrected chi connectivity index (χ0v) is 17.2. The molecule has 2 heterocycles. The summed E-state index contributed by atoms with van der Waals surface area (Å²) in [4.78, 5) is 16.3. The second-order valence-electron chi connectivity index (χ2n) is 7.98. The van der Waals surface area contributed by atoms with Gasteiger partial charge < -0.3 is 22.1 Å². The number of fused-ring (bicyclic) bond motifs is 1. The van der Waals surface area contributed by atoms with Crippen molar-refractivity contribution in [3.8, 4) is 0 Å². The van der Waals surface area contributed by atoms with E-state index in [2.05, 4.69) is 44.8 Å². The molecule has 4 rings (SSSR count). The lowest BCUT2D eigenvalue weighted by atomic mass is 9.91. The van der Waals surface area contributed by atoms with E-state index in [9.17, 15) is 4.79 Å². The van der Waals surface area contributed by atoms with Gasteiger partial charge in [0.05, 0.1) is 11.7 Å². The molecule has 0 spiro atoms. The molecule has 30 heavy (non-hydrogen) atoms. The molecule has 1 saturated carbocycles. The van der Waals surface area contributed by atoms with Gasteiger partial charge in [-0.1, -0.05) is 12.8 Å². The molecule has 6 N–H and O–H groups in total. The van der Waals surface area contributed by atoms with Gasteiger partial charge >= 0.3 is 0 Å². The average molecular weight is 409 g/mol. The lowest BCUT2D eigenvalue weighted by Crippen LogP contribution is -2.43. The summed E-state index contributed by atoms with van der Waals surface area (Å²) >= 11 is 0. The highest BCUT2D eigenvalue weighted by molar-refractivity contribution is 5.96. The van der Waals surface area contributed by atoms with Crippen molar-refractivity contribution in [3.63, 3.8) is 0 Å². The van der Waals surface area contributed by atoms with Crippen molar-refractivity contribution < 1.29 is 4.79 Å². The van der Waals surface area contributed by atoms with Gasteiger partial charge in [0.25, 0.3) is 5.91 Å². The Balaban J connectivity index is 1.64. The van der Waals surface area contributed by atoms with Crippen LogP contribution in [0.4, 0.5) is 17.5 Å². The number of nitrogens with zero attached hydrogens (tertiary/aromatic N) is 5. The summed E-state index contributed by atoms with van der Waals surface area (Å²) in [5.41, 5.74) is 13.4. The number of anilines is 3. The molecule has 1 fully saturated rings. The van der Waals surface area contributed by atoms with Gasteiger partial charge in [0.1, 0.15) is 0 Å². The van der Waals surface area contributed by atoms with E-state index in [-0.39, 0.29) is 29.6 Å². The molecule has 2 aromatic heterocycles. The highest BCUT2D eigenvalue weighted by atomic mass is 16.1. The number of carbonyl (C=O) groups is 1. The van der Waals surface area contributed by atoms with Gasteiger partial charge in [0.2, 0.25) is 5.95 Å². The van der Waals surface area contributed by atoms with Crippen LogP contribution in [-0.2, 0) is 0 Å². The Kier molecular flexibility index (Phi) is 5.49. The SMILES string of the molecule is CC(C)n1ncc2ccc(Nc3nc(N[C@@H]4CCCC[C@@H]4N)nnc3C(N)=O)cc21. The summed E-state index contributed by atoms with van der Waals surface area (Å²) in [5.74, 6) is -0.135. The molecule has 3 aromatic rings. The Bertz CT molecular complexity index is 1060. The number of nitrogens with two attached hydrogens (primary N) is 2. The second kappa shape index (κ2) is 8.23. The molecule has 10 nitrogen and oxygen atoms in total. The van der Waals surface area contributed by atoms with Crippen LogP contribution in [0.25, 0.3) is 10.9 Å². The van der Waals surface area contributed by atoms with Crippen LogP contribution >= 0.6 is 0 Å². The van der Waals surface area contributed by atoms with Gasteiger partial charge in [-0.25, -0.2) is 0 Å². The number of hydrogen-bond acceptors (Lipinski definition) is 8. The fourth-order valence-corrected chi connectivity index (χ4v) is 3.81. The number of amides is 1. The van der Waals surface area contributed by atoms with Gasteiger partial charge in [-0.2, -0.15) is 10.1 Å². The second-order valence-corrected chi connectivity index (χ2v) is 7.98. The maximum absolute atomic E-state index is 11.9. The zero-order valence-electron chi connectivity index (χ0n) is 17.2. The van der Waals surface area contributed by atoms with Gasteiger partial charge in [0.15, 0.2) is 11.5 Å². The summed E-state index contributed by atoms with van der Waals surface area (Å²) in [6.07, 6.45) is 5.96. The fraction of sp³-hybridized carbons (Fsp3) is 0.450. The molecular formula is C20H27N9O. The number of benzene rings is 1. The third-order valence-electron chi connectivity index (χ3n) is 5.40. The van der Waals surface area contributed by atoms with Gasteiger partial charge in [-0.3, -0.25) is 9.48 Å². The number of aromatic nitrogens is 5. The number of rotatable bonds is 6. The topological polar surface area (TPSA) is 150 Å². The quantitative estimate of drug-likeness (QED) is 0.484. The molecule has 2 atom stereocenters. The summed E-state index contributed by atoms with van der Waals surface area (Å²) in [6, 6.07) is 6.14. The molecule has 1 amide bonds. The van der Waals surface area contributed by atoms with E-state index in [4.69, 9.17) is 11.5 Å². The van der Waals surface area contributed by atoms with Crippen molar-refractivity contribution in [1.82, 2.24) is 25.0 Å². The summed E-state index contributed by atoms with van der Waals surface area (Å²) in [6.45, 7) is 4.14. The third-order valence-corrected chi connectivity index (χ3v) is 5.40. The van der Waals surface area contributed by atoms with Gasteiger partial charge in [-0.15, -0.1) is 10.2 Å². The van der Waals surface area contributed by atoms with Crippen LogP contribution in [-0.4, -0.2) is 43.0 Å². The van der Waals surface area contributed by atoms with Crippen molar-refractivity contribution in [2.75, 3.05) is 10.6 Å². The van der Waals surface area contributed by atoms with Crippen LogP contribution in [0.15, 0.2) is 24.4 Å². The van der Waals surface area contributed by atoms with E-state index in [1.165, 1.54) is 0 Å². The van der Waals surface area contributed by atoms with Crippen LogP contribution in [0.2, 0.25) is 0 Å². The zero-order chi connectivity index (χ0) is 21.3. The highest BCUT2D eigenvalue weighted by Gasteiger charge is 2.23. The highest BCUT2D eigenvalue weighted by Crippen LogP contribution is 2.25. The Labute approximate surface area is 174 Å². The number of hydrogen-bond donors (Lipinski definition) is 4. The monoisotopic (exact) mass is 409 g/mol. The Morgan fingerprint density at radius 1 is 1.23 bits per heavy atom. The average Bonchev–Trinajstić information content (AvgIpc) is 3.13. The van der Waals surface area contributed by atoms with Crippen LogP contribution in [0, 0.1) is 0 Å². The minimum atomic E-state index is -0.702. The van der Waals surface area contributed by atoms with E-state index in [1.54, 1.807) is 0 Å². The number of nitrogens with one attached hydrogen (secondary N) is 2. The van der Waals surface area contributed by atoms with E-state index in [0.717, 1.165) is 42.3 Å². The maximum Gasteiger partial charge on any atom is 0.273 e. The number of primary amides is 1. The fourth-order valence-electron chi connectivity index (χ4n) is 3.81. The first-order valence-electron chi connectivity index (χ1n) is 10.2. The van der Waals surface area contributed by atoms with Gasteiger partial charge in [-0.05, 0) is 44.9 Å². The van der Waals surface area contributed by atoms with Crippen LogP contribution in [0.1, 0.15) is 56.1 Å². The molecule has 0 radical (unpaired) electrons. The van der Waals surface area contributed by atoms with Gasteiger partial charge in [0, 0.05) is 29.2 Å². The normalized spacial score (nSPS) is 19.2. The Morgan fingerprint density at radius 3 is 2.77 bits per heavy atom. The van der Waals surface area contributed by atoms with E-state index >= 15 is 0 Å². The Hall–Kier alpha value is -3.27. The first-order valence-corrected chi connectivity index (χ1v) is 10.2. The van der Waals surface area contributed by atoms with Crippen molar-refractivity contribution >= 4 is 34.3 Å². The van der Waals surface area contributed by atoms with Crippen molar-refractivity contribution in [3.05, 3.63) is 30.1 Å². The van der Waals surface area contributed by atoms with Crippen molar-refractivity contribution in [2.24, 2.45) is 11.5 Å². The molecule has 0 bridgehead atoms. The molecule has 0 aliphatic heterocycles. The van der Waals surface area contributed by atoms with E-state index < -0.39 is 5.91 Å². The molecule has 1 aliphatic rings. The van der Waals surface area contributed by atoms with Crippen LogP contribution in [0.5, 0.6) is 0 Å². The first kappa shape index (κ1) is 20.0. The van der Waals surface area contributed by atoms with E-state index in [0.29, 0.717) is 5.95 Å². The van der Waals surface area contributed by atoms with E-state index in [1.807, 2.05) is 29.1 Å². The summed E-state index contributed by atoms with van der Waals surface area (Å²) in [5, 5.41) is 19.9. The molecule has 0 saturated heterocycles. The predicted molar refractivity (Wildman–Crippen MR) is 116 cm³/mol. The third kappa shape index (κ3) is 4.04. The summed E-state index contributed by atoms with van der Waals surface area (Å²) < 4.78 is 1.94. The lowest BCUT2D eigenvalue weighted by molar-refractivity contribution is 0.0995. The standard InChI is InChI=1S/C20H27N9O/c1-11(2)29-16-9-13(8-7-12(16)10-23-29)24-19-17(18(22)30)27-28-20(26-19)25-15-6-4-3-5-14(15)21/h7-11,14-15H,3-6,21H2,1-2H3,(H2,22,30)(H2,24,25,26,28)/t14-,15+/m0/s1. The predicted octanol–water partition coefficient (Wildman–Crippen LogP) is 2.33. The maximum atomic E-state index is 11.9. The molecular weight excluding hydrogens is 382 g/mol. The smallest absolute Gasteiger partial charge is 0.273 e. The molecule has 1 aliphatic carbocycles. The lowest BCUT2D eigenvalue weighted by Gasteiger charge is -2.29. The largest absolute Gasteiger partial charge is 0.364 e. The minimum Gasteiger partial charge on any atom is -0.364 e. The van der Waals surface area contributed by atoms with Crippen molar-refractivity contribution in [2.45, 2.75) is 57.7 Å². The van der Waals surface area contributed by atoms with Crippen molar-refractivity contribution in [1.29, 1.82) is 0 Å². The Morgan fingerprint density at radius 2 is 2.03 bits per heavy atom. The first-order chi connectivity index (χ1) is 14.4. The molecule has 158 valence electrons. The van der Waals surface area contributed by atoms with Crippen LogP contribution < -0.4 is 22.1 Å². The van der Waals surface area contributed by atoms with Crippen LogP contribution in [0.3, 0.4) is 0 Å². The molecule has 0 unspecified atom stereocenters. The molecule has 1 aromatic carbocycles. The minimum absolute atomic E-state index is 0.0223.